The average molecular weight is 238 g/mol. The van der Waals surface area contributed by atoms with Crippen LogP contribution in [0.5, 0.6) is 5.75 Å². The smallest absolute Gasteiger partial charge is 0.311 e. The van der Waals surface area contributed by atoms with Crippen molar-refractivity contribution in [3.05, 3.63) is 29.6 Å². The first kappa shape index (κ1) is 11.6. The maximum atomic E-state index is 12.9. The summed E-state index contributed by atoms with van der Waals surface area (Å²) < 4.78 is 18.3. The van der Waals surface area contributed by atoms with Crippen molar-refractivity contribution < 1.29 is 23.8 Å². The lowest BCUT2D eigenvalue weighted by atomic mass is 9.99. The summed E-state index contributed by atoms with van der Waals surface area (Å²) in [6.07, 6.45) is -0.364. The number of carbonyl (C=O) groups is 2. The molecule has 17 heavy (non-hydrogen) atoms. The molecule has 0 radical (unpaired) electrons. The van der Waals surface area contributed by atoms with Crippen LogP contribution in [0, 0.1) is 5.82 Å². The fourth-order valence-electron chi connectivity index (χ4n) is 1.85. The molecule has 1 heterocycles. The van der Waals surface area contributed by atoms with Gasteiger partial charge in [0.15, 0.2) is 11.9 Å². The number of rotatable bonds is 3. The highest BCUT2D eigenvalue weighted by Crippen LogP contribution is 2.28. The van der Waals surface area contributed by atoms with E-state index in [1.54, 1.807) is 0 Å². The summed E-state index contributed by atoms with van der Waals surface area (Å²) in [6.45, 7) is 0. The third kappa shape index (κ3) is 2.61. The molecule has 0 fully saturated rings. The Bertz CT molecular complexity index is 470. The van der Waals surface area contributed by atoms with Gasteiger partial charge in [0.1, 0.15) is 18.0 Å². The molecule has 1 unspecified atom stereocenters. The summed E-state index contributed by atoms with van der Waals surface area (Å²) in [5.41, 5.74) is 0.712. The first-order valence-electron chi connectivity index (χ1n) is 5.26. The zero-order chi connectivity index (χ0) is 12.4. The predicted octanol–water partition coefficient (Wildman–Crippen LogP) is 1.56. The largest absolute Gasteiger partial charge is 0.482 e. The van der Waals surface area contributed by atoms with Crippen molar-refractivity contribution in [2.45, 2.75) is 25.4 Å². The van der Waals surface area contributed by atoms with Crippen LogP contribution in [-0.4, -0.2) is 23.0 Å². The highest BCUT2D eigenvalue weighted by molar-refractivity contribution is 5.97. The molecule has 0 saturated carbocycles. The van der Waals surface area contributed by atoms with E-state index in [1.807, 2.05) is 0 Å². The summed E-state index contributed by atoms with van der Waals surface area (Å²) in [5, 5.41) is 8.52. The van der Waals surface area contributed by atoms with Crippen LogP contribution < -0.4 is 4.74 Å². The summed E-state index contributed by atoms with van der Waals surface area (Å²) in [5.74, 6) is -1.50. The molecule has 0 aliphatic carbocycles. The lowest BCUT2D eigenvalue weighted by molar-refractivity contribution is -0.142. The second-order valence-corrected chi connectivity index (χ2v) is 3.93. The van der Waals surface area contributed by atoms with E-state index in [1.165, 1.54) is 18.2 Å². The van der Waals surface area contributed by atoms with Gasteiger partial charge in [-0.25, -0.2) is 4.39 Å². The van der Waals surface area contributed by atoms with Crippen LogP contribution in [-0.2, 0) is 16.0 Å². The number of aryl methyl sites for hydroxylation is 1. The van der Waals surface area contributed by atoms with Crippen LogP contribution in [0.15, 0.2) is 18.2 Å². The molecular weight excluding hydrogens is 227 g/mol. The number of halogens is 1. The van der Waals surface area contributed by atoms with Gasteiger partial charge < -0.3 is 9.84 Å². The molecule has 1 atom stereocenters. The quantitative estimate of drug-likeness (QED) is 0.812. The highest BCUT2D eigenvalue weighted by Gasteiger charge is 2.27. The van der Waals surface area contributed by atoms with Crippen molar-refractivity contribution in [2.75, 3.05) is 0 Å². The molecule has 1 aliphatic rings. The van der Waals surface area contributed by atoms with E-state index in [9.17, 15) is 14.0 Å². The number of carboxylic acid groups (broad SMARTS) is 1. The molecule has 2 rings (SSSR count). The molecule has 1 N–H and O–H groups in total. The van der Waals surface area contributed by atoms with Crippen LogP contribution in [0.3, 0.4) is 0 Å². The molecule has 1 aliphatic heterocycles. The van der Waals surface area contributed by atoms with E-state index >= 15 is 0 Å². The number of benzene rings is 1. The Morgan fingerprint density at radius 2 is 2.24 bits per heavy atom. The Hall–Kier alpha value is -1.91. The van der Waals surface area contributed by atoms with Gasteiger partial charge in [-0.05, 0) is 36.6 Å². The van der Waals surface area contributed by atoms with Gasteiger partial charge in [-0.1, -0.05) is 0 Å². The van der Waals surface area contributed by atoms with E-state index in [4.69, 9.17) is 9.84 Å². The summed E-state index contributed by atoms with van der Waals surface area (Å²) in [7, 11) is 0. The number of carbonyl (C=O) groups excluding carboxylic acids is 1. The maximum absolute atomic E-state index is 12.9. The summed E-state index contributed by atoms with van der Waals surface area (Å²) >= 11 is 0. The normalized spacial score (nSPS) is 18.1. The van der Waals surface area contributed by atoms with Crippen LogP contribution in [0.25, 0.3) is 0 Å². The number of aliphatic carboxylic acids is 1. The number of ether oxygens (including phenoxy) is 1. The van der Waals surface area contributed by atoms with Crippen LogP contribution in [0.2, 0.25) is 0 Å². The number of Topliss-reactive ketones (excluding diaryl/α,β-unsaturated/α-hetero) is 1. The van der Waals surface area contributed by atoms with E-state index in [-0.39, 0.29) is 5.82 Å². The molecule has 5 heteroatoms. The van der Waals surface area contributed by atoms with Crippen molar-refractivity contribution in [1.29, 1.82) is 0 Å². The number of carboxylic acids is 1. The SMILES string of the molecule is O=C(O)CC(=O)C1CCc2cc(F)ccc2O1. The lowest BCUT2D eigenvalue weighted by Gasteiger charge is -2.24. The highest BCUT2D eigenvalue weighted by atomic mass is 19.1. The molecular formula is C12H11FO4. The van der Waals surface area contributed by atoms with Gasteiger partial charge in [0.05, 0.1) is 0 Å². The summed E-state index contributed by atoms with van der Waals surface area (Å²) in [4.78, 5) is 21.9. The molecule has 0 amide bonds. The third-order valence-electron chi connectivity index (χ3n) is 2.65. The Morgan fingerprint density at radius 1 is 1.47 bits per heavy atom. The maximum Gasteiger partial charge on any atom is 0.311 e. The minimum Gasteiger partial charge on any atom is -0.482 e. The van der Waals surface area contributed by atoms with Gasteiger partial charge in [-0.2, -0.15) is 0 Å². The topological polar surface area (TPSA) is 63.6 Å². The predicted molar refractivity (Wildman–Crippen MR) is 56.4 cm³/mol. The Labute approximate surface area is 97.0 Å². The Balaban J connectivity index is 2.11. The zero-order valence-corrected chi connectivity index (χ0v) is 8.98. The molecule has 1 aromatic rings. The second-order valence-electron chi connectivity index (χ2n) is 3.93. The van der Waals surface area contributed by atoms with Gasteiger partial charge in [-0.3, -0.25) is 9.59 Å². The van der Waals surface area contributed by atoms with Crippen molar-refractivity contribution in [1.82, 2.24) is 0 Å². The third-order valence-corrected chi connectivity index (χ3v) is 2.65. The summed E-state index contributed by atoms with van der Waals surface area (Å²) in [6, 6.07) is 4.08. The van der Waals surface area contributed by atoms with Crippen molar-refractivity contribution in [3.63, 3.8) is 0 Å². The minimum atomic E-state index is -1.16. The Morgan fingerprint density at radius 3 is 2.94 bits per heavy atom. The van der Waals surface area contributed by atoms with E-state index in [2.05, 4.69) is 0 Å². The van der Waals surface area contributed by atoms with E-state index < -0.39 is 24.3 Å². The van der Waals surface area contributed by atoms with Crippen LogP contribution in [0.4, 0.5) is 4.39 Å². The number of ketones is 1. The molecule has 0 saturated heterocycles. The first-order valence-corrected chi connectivity index (χ1v) is 5.26. The van der Waals surface area contributed by atoms with Gasteiger partial charge in [-0.15, -0.1) is 0 Å². The van der Waals surface area contributed by atoms with Crippen LogP contribution >= 0.6 is 0 Å². The molecule has 0 spiro atoms. The van der Waals surface area contributed by atoms with E-state index in [0.29, 0.717) is 24.2 Å². The average Bonchev–Trinajstić information content (AvgIpc) is 2.27. The number of fused-ring (bicyclic) bond motifs is 1. The monoisotopic (exact) mass is 238 g/mol. The molecule has 0 aromatic heterocycles. The first-order chi connectivity index (χ1) is 8.06. The fraction of sp³-hybridized carbons (Fsp3) is 0.333. The van der Waals surface area contributed by atoms with Crippen LogP contribution in [0.1, 0.15) is 18.4 Å². The number of hydrogen-bond acceptors (Lipinski definition) is 3. The van der Waals surface area contributed by atoms with Crippen molar-refractivity contribution in [2.24, 2.45) is 0 Å². The zero-order valence-electron chi connectivity index (χ0n) is 8.98. The molecule has 4 nitrogen and oxygen atoms in total. The standard InChI is InChI=1S/C12H11FO4/c13-8-2-4-10-7(5-8)1-3-11(17-10)9(14)6-12(15)16/h2,4-5,11H,1,3,6H2,(H,15,16). The molecule has 1 aromatic carbocycles. The van der Waals surface area contributed by atoms with Gasteiger partial charge >= 0.3 is 5.97 Å². The lowest BCUT2D eigenvalue weighted by Crippen LogP contribution is -2.32. The van der Waals surface area contributed by atoms with Crippen molar-refractivity contribution in [3.8, 4) is 5.75 Å². The van der Waals surface area contributed by atoms with Gasteiger partial charge in [0.2, 0.25) is 0 Å². The van der Waals surface area contributed by atoms with E-state index in [0.717, 1.165) is 0 Å². The van der Waals surface area contributed by atoms with Crippen molar-refractivity contribution >= 4 is 11.8 Å². The van der Waals surface area contributed by atoms with Gasteiger partial charge in [0.25, 0.3) is 0 Å². The molecule has 90 valence electrons. The number of hydrogen-bond donors (Lipinski definition) is 1. The fourth-order valence-corrected chi connectivity index (χ4v) is 1.85. The second kappa shape index (κ2) is 4.53. The Kier molecular flexibility index (Phi) is 3.08. The minimum absolute atomic E-state index is 0.345. The van der Waals surface area contributed by atoms with Gasteiger partial charge in [0, 0.05) is 0 Å². The molecule has 0 bridgehead atoms.